The SMILES string of the molecule is Cc1c(-c2cccc(F)c2)nc2cc(CN)ccn12. The molecule has 96 valence electrons. The van der Waals surface area contributed by atoms with Crippen molar-refractivity contribution in [3.05, 3.63) is 59.7 Å². The molecule has 2 heterocycles. The third kappa shape index (κ3) is 2.00. The van der Waals surface area contributed by atoms with Crippen molar-refractivity contribution in [2.24, 2.45) is 5.73 Å². The average Bonchev–Trinajstić information content (AvgIpc) is 2.75. The second-order valence-electron chi connectivity index (χ2n) is 4.52. The van der Waals surface area contributed by atoms with Gasteiger partial charge in [0.2, 0.25) is 0 Å². The zero-order valence-corrected chi connectivity index (χ0v) is 10.6. The molecule has 0 unspecified atom stereocenters. The summed E-state index contributed by atoms with van der Waals surface area (Å²) < 4.78 is 15.3. The van der Waals surface area contributed by atoms with Crippen LogP contribution in [0.5, 0.6) is 0 Å². The van der Waals surface area contributed by atoms with E-state index in [-0.39, 0.29) is 5.82 Å². The van der Waals surface area contributed by atoms with Crippen LogP contribution in [0.15, 0.2) is 42.6 Å². The molecule has 0 amide bonds. The number of imidazole rings is 1. The second-order valence-corrected chi connectivity index (χ2v) is 4.52. The zero-order valence-electron chi connectivity index (χ0n) is 10.6. The molecule has 3 aromatic rings. The lowest BCUT2D eigenvalue weighted by Crippen LogP contribution is -1.97. The third-order valence-electron chi connectivity index (χ3n) is 3.26. The summed E-state index contributed by atoms with van der Waals surface area (Å²) in [7, 11) is 0. The molecule has 0 bridgehead atoms. The van der Waals surface area contributed by atoms with Crippen molar-refractivity contribution in [2.45, 2.75) is 13.5 Å². The van der Waals surface area contributed by atoms with Crippen LogP contribution in [0, 0.1) is 12.7 Å². The predicted octanol–water partition coefficient (Wildman–Crippen LogP) is 2.91. The van der Waals surface area contributed by atoms with Crippen LogP contribution in [0.1, 0.15) is 11.3 Å². The molecule has 0 saturated carbocycles. The number of nitrogens with two attached hydrogens (primary N) is 1. The van der Waals surface area contributed by atoms with E-state index in [1.165, 1.54) is 12.1 Å². The van der Waals surface area contributed by atoms with Crippen LogP contribution < -0.4 is 5.73 Å². The van der Waals surface area contributed by atoms with E-state index in [1.807, 2.05) is 35.7 Å². The molecule has 0 spiro atoms. The van der Waals surface area contributed by atoms with E-state index in [2.05, 4.69) is 4.98 Å². The summed E-state index contributed by atoms with van der Waals surface area (Å²) in [5, 5.41) is 0. The first-order valence-electron chi connectivity index (χ1n) is 6.12. The van der Waals surface area contributed by atoms with E-state index in [0.29, 0.717) is 6.54 Å². The number of hydrogen-bond donors (Lipinski definition) is 1. The smallest absolute Gasteiger partial charge is 0.137 e. The lowest BCUT2D eigenvalue weighted by molar-refractivity contribution is 0.628. The molecule has 4 heteroatoms. The summed E-state index contributed by atoms with van der Waals surface area (Å²) >= 11 is 0. The fraction of sp³-hybridized carbons (Fsp3) is 0.133. The average molecular weight is 255 g/mol. The molecule has 0 aliphatic carbocycles. The molecule has 3 nitrogen and oxygen atoms in total. The molecule has 1 aromatic carbocycles. The molecule has 0 aliphatic heterocycles. The number of pyridine rings is 1. The van der Waals surface area contributed by atoms with Crippen LogP contribution in [0.3, 0.4) is 0 Å². The normalized spacial score (nSPS) is 11.1. The van der Waals surface area contributed by atoms with Gasteiger partial charge in [0.1, 0.15) is 11.5 Å². The first-order valence-corrected chi connectivity index (χ1v) is 6.12. The van der Waals surface area contributed by atoms with Crippen LogP contribution in [-0.2, 0) is 6.54 Å². The van der Waals surface area contributed by atoms with Gasteiger partial charge in [-0.2, -0.15) is 0 Å². The number of benzene rings is 1. The van der Waals surface area contributed by atoms with Gasteiger partial charge >= 0.3 is 0 Å². The molecule has 0 aliphatic rings. The minimum absolute atomic E-state index is 0.253. The fourth-order valence-electron chi connectivity index (χ4n) is 2.25. The summed E-state index contributed by atoms with van der Waals surface area (Å²) in [6.45, 7) is 2.46. The molecule has 3 rings (SSSR count). The van der Waals surface area contributed by atoms with Crippen molar-refractivity contribution in [1.29, 1.82) is 0 Å². The first-order chi connectivity index (χ1) is 9.19. The first kappa shape index (κ1) is 11.9. The molecular formula is C15H14FN3. The Balaban J connectivity index is 2.22. The highest BCUT2D eigenvalue weighted by Crippen LogP contribution is 2.24. The number of aryl methyl sites for hydroxylation is 1. The van der Waals surface area contributed by atoms with Crippen molar-refractivity contribution in [1.82, 2.24) is 9.38 Å². The van der Waals surface area contributed by atoms with Crippen LogP contribution in [0.4, 0.5) is 4.39 Å². The van der Waals surface area contributed by atoms with Gasteiger partial charge in [-0.05, 0) is 36.8 Å². The Morgan fingerprint density at radius 3 is 2.84 bits per heavy atom. The predicted molar refractivity (Wildman–Crippen MR) is 73.2 cm³/mol. The van der Waals surface area contributed by atoms with Gasteiger partial charge in [-0.15, -0.1) is 0 Å². The number of hydrogen-bond acceptors (Lipinski definition) is 2. The largest absolute Gasteiger partial charge is 0.326 e. The molecule has 0 fully saturated rings. The van der Waals surface area contributed by atoms with Gasteiger partial charge in [-0.1, -0.05) is 12.1 Å². The molecular weight excluding hydrogens is 241 g/mol. The monoisotopic (exact) mass is 255 g/mol. The summed E-state index contributed by atoms with van der Waals surface area (Å²) in [5.41, 5.74) is 10.1. The Morgan fingerprint density at radius 2 is 2.11 bits per heavy atom. The van der Waals surface area contributed by atoms with Crippen molar-refractivity contribution >= 4 is 5.65 Å². The Bertz CT molecular complexity index is 746. The lowest BCUT2D eigenvalue weighted by Gasteiger charge is -2.00. The Hall–Kier alpha value is -2.20. The molecule has 0 atom stereocenters. The minimum atomic E-state index is -0.253. The molecule has 0 saturated heterocycles. The number of aromatic nitrogens is 2. The fourth-order valence-corrected chi connectivity index (χ4v) is 2.25. The topological polar surface area (TPSA) is 43.3 Å². The van der Waals surface area contributed by atoms with Crippen molar-refractivity contribution in [2.75, 3.05) is 0 Å². The highest BCUT2D eigenvalue weighted by Gasteiger charge is 2.11. The van der Waals surface area contributed by atoms with Gasteiger partial charge in [0, 0.05) is 24.0 Å². The Morgan fingerprint density at radius 1 is 1.26 bits per heavy atom. The number of halogens is 1. The van der Waals surface area contributed by atoms with Gasteiger partial charge in [0.15, 0.2) is 0 Å². The van der Waals surface area contributed by atoms with Gasteiger partial charge in [0.05, 0.1) is 5.69 Å². The second kappa shape index (κ2) is 4.48. The molecule has 19 heavy (non-hydrogen) atoms. The van der Waals surface area contributed by atoms with Crippen LogP contribution >= 0.6 is 0 Å². The minimum Gasteiger partial charge on any atom is -0.326 e. The quantitative estimate of drug-likeness (QED) is 0.765. The highest BCUT2D eigenvalue weighted by molar-refractivity contribution is 5.66. The highest BCUT2D eigenvalue weighted by atomic mass is 19.1. The van der Waals surface area contributed by atoms with E-state index in [0.717, 1.165) is 28.2 Å². The van der Waals surface area contributed by atoms with Gasteiger partial charge in [-0.3, -0.25) is 0 Å². The number of rotatable bonds is 2. The van der Waals surface area contributed by atoms with E-state index >= 15 is 0 Å². The van der Waals surface area contributed by atoms with Crippen LogP contribution in [-0.4, -0.2) is 9.38 Å². The zero-order chi connectivity index (χ0) is 13.4. The van der Waals surface area contributed by atoms with Crippen molar-refractivity contribution < 1.29 is 4.39 Å². The lowest BCUT2D eigenvalue weighted by atomic mass is 10.1. The van der Waals surface area contributed by atoms with Crippen molar-refractivity contribution in [3.63, 3.8) is 0 Å². The summed E-state index contributed by atoms with van der Waals surface area (Å²) in [6, 6.07) is 10.4. The van der Waals surface area contributed by atoms with E-state index in [4.69, 9.17) is 5.73 Å². The summed E-state index contributed by atoms with van der Waals surface area (Å²) in [6.07, 6.45) is 1.95. The summed E-state index contributed by atoms with van der Waals surface area (Å²) in [5.74, 6) is -0.253. The summed E-state index contributed by atoms with van der Waals surface area (Å²) in [4.78, 5) is 4.57. The van der Waals surface area contributed by atoms with Crippen LogP contribution in [0.2, 0.25) is 0 Å². The maximum Gasteiger partial charge on any atom is 0.137 e. The number of fused-ring (bicyclic) bond motifs is 1. The standard InChI is InChI=1S/C15H14FN3/c1-10-15(12-3-2-4-13(16)8-12)18-14-7-11(9-17)5-6-19(10)14/h2-8H,9,17H2,1H3. The molecule has 2 N–H and O–H groups in total. The van der Waals surface area contributed by atoms with E-state index in [1.54, 1.807) is 6.07 Å². The van der Waals surface area contributed by atoms with Gasteiger partial charge in [0.25, 0.3) is 0 Å². The van der Waals surface area contributed by atoms with Gasteiger partial charge in [-0.25, -0.2) is 9.37 Å². The molecule has 0 radical (unpaired) electrons. The van der Waals surface area contributed by atoms with E-state index in [9.17, 15) is 4.39 Å². The van der Waals surface area contributed by atoms with Crippen molar-refractivity contribution in [3.8, 4) is 11.3 Å². The van der Waals surface area contributed by atoms with Gasteiger partial charge < -0.3 is 10.1 Å². The third-order valence-corrected chi connectivity index (χ3v) is 3.26. The maximum atomic E-state index is 13.3. The number of nitrogens with zero attached hydrogens (tertiary/aromatic N) is 2. The van der Waals surface area contributed by atoms with E-state index < -0.39 is 0 Å². The molecule has 2 aromatic heterocycles. The van der Waals surface area contributed by atoms with Crippen LogP contribution in [0.25, 0.3) is 16.9 Å². The Kier molecular flexibility index (Phi) is 2.80. The Labute approximate surface area is 110 Å². The maximum absolute atomic E-state index is 13.3.